The van der Waals surface area contributed by atoms with Gasteiger partial charge in [0, 0.05) is 29.2 Å². The number of hydrogen-bond donors (Lipinski definition) is 2. The van der Waals surface area contributed by atoms with Gasteiger partial charge in [0.1, 0.15) is 18.5 Å². The minimum absolute atomic E-state index is 0.0775. The molecule has 4 rings (SSSR count). The molecule has 0 bridgehead atoms. The highest BCUT2D eigenvalue weighted by Gasteiger charge is 2.29. The molecule has 0 unspecified atom stereocenters. The molecule has 11 heteroatoms. The number of aromatic nitrogens is 2. The van der Waals surface area contributed by atoms with E-state index in [4.69, 9.17) is 16.3 Å². The fraction of sp³-hybridized carbons (Fsp3) is 0.375. The number of aryl methyl sites for hydroxylation is 1. The Morgan fingerprint density at radius 1 is 1.20 bits per heavy atom. The molecule has 2 heterocycles. The van der Waals surface area contributed by atoms with Gasteiger partial charge in [-0.2, -0.15) is 13.2 Å². The summed E-state index contributed by atoms with van der Waals surface area (Å²) >= 11 is 6.00. The van der Waals surface area contributed by atoms with Crippen LogP contribution in [0, 0.1) is 6.92 Å². The van der Waals surface area contributed by atoms with Gasteiger partial charge in [-0.3, -0.25) is 9.59 Å². The first-order valence-corrected chi connectivity index (χ1v) is 11.5. The van der Waals surface area contributed by atoms with E-state index in [2.05, 4.69) is 15.3 Å². The van der Waals surface area contributed by atoms with Gasteiger partial charge in [0.15, 0.2) is 0 Å². The first kappa shape index (κ1) is 25.0. The molecule has 1 atom stereocenters. The van der Waals surface area contributed by atoms with Gasteiger partial charge in [-0.1, -0.05) is 11.6 Å². The lowest BCUT2D eigenvalue weighted by atomic mass is 10.0. The zero-order valence-electron chi connectivity index (χ0n) is 18.9. The number of nitrogens with zero attached hydrogens (tertiary/aromatic N) is 2. The maximum Gasteiger partial charge on any atom is 0.411 e. The molecule has 2 aromatic carbocycles. The van der Waals surface area contributed by atoms with Gasteiger partial charge in [0.2, 0.25) is 0 Å². The lowest BCUT2D eigenvalue weighted by molar-refractivity contribution is -0.175. The van der Waals surface area contributed by atoms with Gasteiger partial charge in [-0.05, 0) is 61.7 Å². The summed E-state index contributed by atoms with van der Waals surface area (Å²) in [5.41, 5.74) is 2.53. The summed E-state index contributed by atoms with van der Waals surface area (Å²) in [5.74, 6) is -0.381. The highest BCUT2D eigenvalue weighted by atomic mass is 35.5. The quantitative estimate of drug-likeness (QED) is 0.479. The molecule has 3 aromatic rings. The summed E-state index contributed by atoms with van der Waals surface area (Å²) in [7, 11) is 0. The van der Waals surface area contributed by atoms with Crippen LogP contribution in [0.25, 0.3) is 11.0 Å². The third-order valence-corrected chi connectivity index (χ3v) is 6.00. The van der Waals surface area contributed by atoms with Crippen molar-refractivity contribution in [3.63, 3.8) is 0 Å². The zero-order valence-corrected chi connectivity index (χ0v) is 19.7. The molecule has 1 aromatic heterocycles. The van der Waals surface area contributed by atoms with E-state index in [1.54, 1.807) is 42.2 Å². The molecule has 1 saturated heterocycles. The predicted molar refractivity (Wildman–Crippen MR) is 125 cm³/mol. The van der Waals surface area contributed by atoms with Crippen molar-refractivity contribution in [2.75, 3.05) is 26.3 Å². The van der Waals surface area contributed by atoms with Crippen molar-refractivity contribution < 1.29 is 27.5 Å². The Hall–Kier alpha value is -3.11. The summed E-state index contributed by atoms with van der Waals surface area (Å²) in [4.78, 5) is 34.9. The van der Waals surface area contributed by atoms with E-state index in [1.807, 2.05) is 0 Å². The van der Waals surface area contributed by atoms with E-state index >= 15 is 0 Å². The standard InChI is InChI=1S/C24H24ClF3N4O3/c1-14-10-15(4-6-17(14)23(34)32-8-2-3-9-32)22(33)31-20(12-35-13-24(26,27)28)21-29-18-7-5-16(25)11-19(18)30-21/h4-7,10-11,20H,2-3,8-9,12-13H2,1H3,(H,29,30)(H,31,33)/t20-/m0/s1. The number of carbonyl (C=O) groups is 2. The number of fused-ring (bicyclic) bond motifs is 1. The molecule has 0 aliphatic carbocycles. The molecule has 35 heavy (non-hydrogen) atoms. The van der Waals surface area contributed by atoms with Crippen molar-refractivity contribution in [1.82, 2.24) is 20.2 Å². The first-order valence-electron chi connectivity index (χ1n) is 11.1. The number of alkyl halides is 3. The van der Waals surface area contributed by atoms with Gasteiger partial charge in [-0.15, -0.1) is 0 Å². The molecule has 0 radical (unpaired) electrons. The molecule has 1 fully saturated rings. The van der Waals surface area contributed by atoms with Gasteiger partial charge in [0.25, 0.3) is 11.8 Å². The average Bonchev–Trinajstić information content (AvgIpc) is 3.47. The highest BCUT2D eigenvalue weighted by Crippen LogP contribution is 2.23. The smallest absolute Gasteiger partial charge is 0.369 e. The van der Waals surface area contributed by atoms with E-state index in [1.165, 1.54) is 6.07 Å². The van der Waals surface area contributed by atoms with Gasteiger partial charge < -0.3 is 19.9 Å². The van der Waals surface area contributed by atoms with Crippen LogP contribution in [0.4, 0.5) is 13.2 Å². The Bertz CT molecular complexity index is 1240. The molecule has 1 aliphatic heterocycles. The summed E-state index contributed by atoms with van der Waals surface area (Å²) in [6.45, 7) is 1.25. The number of nitrogens with one attached hydrogen (secondary N) is 2. The summed E-state index contributed by atoms with van der Waals surface area (Å²) < 4.78 is 42.7. The minimum atomic E-state index is -4.51. The number of ether oxygens (including phenoxy) is 1. The predicted octanol–water partition coefficient (Wildman–Crippen LogP) is 4.81. The van der Waals surface area contributed by atoms with Crippen LogP contribution in [0.3, 0.4) is 0 Å². The summed E-state index contributed by atoms with van der Waals surface area (Å²) in [6.07, 6.45) is -2.57. The maximum absolute atomic E-state index is 13.0. The number of hydrogen-bond acceptors (Lipinski definition) is 4. The van der Waals surface area contributed by atoms with E-state index in [-0.39, 0.29) is 17.3 Å². The van der Waals surface area contributed by atoms with Crippen LogP contribution in [0.2, 0.25) is 5.02 Å². The van der Waals surface area contributed by atoms with E-state index in [0.717, 1.165) is 12.8 Å². The molecule has 1 aliphatic rings. The lowest BCUT2D eigenvalue weighted by Gasteiger charge is -2.19. The fourth-order valence-corrected chi connectivity index (χ4v) is 4.20. The number of likely N-dealkylation sites (tertiary alicyclic amines) is 1. The molecule has 2 amide bonds. The first-order chi connectivity index (χ1) is 16.6. The van der Waals surface area contributed by atoms with Crippen LogP contribution in [0.1, 0.15) is 51.0 Å². The number of aromatic amines is 1. The number of amides is 2. The Morgan fingerprint density at radius 3 is 2.63 bits per heavy atom. The molecule has 2 N–H and O–H groups in total. The Morgan fingerprint density at radius 2 is 1.94 bits per heavy atom. The highest BCUT2D eigenvalue weighted by molar-refractivity contribution is 6.31. The largest absolute Gasteiger partial charge is 0.411 e. The number of carbonyl (C=O) groups excluding carboxylic acids is 2. The maximum atomic E-state index is 13.0. The van der Waals surface area contributed by atoms with E-state index in [9.17, 15) is 22.8 Å². The zero-order chi connectivity index (χ0) is 25.2. The molecule has 0 spiro atoms. The van der Waals surface area contributed by atoms with Crippen LogP contribution in [-0.2, 0) is 4.74 Å². The van der Waals surface area contributed by atoms with Crippen LogP contribution in [-0.4, -0.2) is 59.2 Å². The molecular weight excluding hydrogens is 485 g/mol. The van der Waals surface area contributed by atoms with Crippen LogP contribution < -0.4 is 5.32 Å². The third-order valence-electron chi connectivity index (χ3n) is 5.76. The Balaban J connectivity index is 1.53. The van der Waals surface area contributed by atoms with Gasteiger partial charge >= 0.3 is 6.18 Å². The molecule has 0 saturated carbocycles. The monoisotopic (exact) mass is 508 g/mol. The molecule has 186 valence electrons. The fourth-order valence-electron chi connectivity index (χ4n) is 4.03. The van der Waals surface area contributed by atoms with E-state index < -0.39 is 31.3 Å². The number of halogens is 4. The van der Waals surface area contributed by atoms with Crippen molar-refractivity contribution in [1.29, 1.82) is 0 Å². The van der Waals surface area contributed by atoms with Crippen molar-refractivity contribution >= 4 is 34.4 Å². The number of benzene rings is 2. The second kappa shape index (κ2) is 10.2. The second-order valence-electron chi connectivity index (χ2n) is 8.47. The third kappa shape index (κ3) is 6.12. The van der Waals surface area contributed by atoms with Gasteiger partial charge in [-0.25, -0.2) is 4.98 Å². The Labute approximate surface area is 204 Å². The Kier molecular flexibility index (Phi) is 7.32. The lowest BCUT2D eigenvalue weighted by Crippen LogP contribution is -2.33. The van der Waals surface area contributed by atoms with Crippen molar-refractivity contribution in [3.05, 3.63) is 63.9 Å². The summed E-state index contributed by atoms with van der Waals surface area (Å²) in [6, 6.07) is 8.65. The van der Waals surface area contributed by atoms with Crippen LogP contribution >= 0.6 is 11.6 Å². The normalized spacial score (nSPS) is 14.9. The van der Waals surface area contributed by atoms with Crippen molar-refractivity contribution in [3.8, 4) is 0 Å². The minimum Gasteiger partial charge on any atom is -0.369 e. The SMILES string of the molecule is Cc1cc(C(=O)N[C@@H](COCC(F)(F)F)c2nc3ccc(Cl)cc3[nH]2)ccc1C(=O)N1CCCC1. The van der Waals surface area contributed by atoms with Crippen LogP contribution in [0.15, 0.2) is 36.4 Å². The average molecular weight is 509 g/mol. The van der Waals surface area contributed by atoms with E-state index in [0.29, 0.717) is 40.3 Å². The van der Waals surface area contributed by atoms with Crippen LogP contribution in [0.5, 0.6) is 0 Å². The second-order valence-corrected chi connectivity index (χ2v) is 8.91. The molecule has 7 nitrogen and oxygen atoms in total. The van der Waals surface area contributed by atoms with Crippen molar-refractivity contribution in [2.45, 2.75) is 32.0 Å². The number of imidazole rings is 1. The molecular formula is C24H24ClF3N4O3. The topological polar surface area (TPSA) is 87.3 Å². The van der Waals surface area contributed by atoms with Crippen molar-refractivity contribution in [2.24, 2.45) is 0 Å². The number of H-pyrrole nitrogens is 1. The summed E-state index contributed by atoms with van der Waals surface area (Å²) in [5, 5.41) is 3.15. The van der Waals surface area contributed by atoms with Gasteiger partial charge in [0.05, 0.1) is 17.6 Å². The number of rotatable bonds is 7.